The molecule has 0 radical (unpaired) electrons. The Morgan fingerprint density at radius 2 is 1.73 bits per heavy atom. The Bertz CT molecular complexity index is 894. The molecule has 0 unspecified atom stereocenters. The van der Waals surface area contributed by atoms with Crippen molar-refractivity contribution in [2.24, 2.45) is 5.41 Å². The lowest BCUT2D eigenvalue weighted by molar-refractivity contribution is -0.168. The van der Waals surface area contributed by atoms with Gasteiger partial charge in [0.2, 0.25) is 10.0 Å². The van der Waals surface area contributed by atoms with Gasteiger partial charge >= 0.3 is 11.9 Å². The Hall–Kier alpha value is -2.63. The summed E-state index contributed by atoms with van der Waals surface area (Å²) >= 11 is 0. The SMILES string of the molecule is C#CCC(C/C(C)=C/CCCNS(=O)(=O)c1ccc(C)cc1)(C(=O)OC)C(=O)OC. The molecule has 1 rings (SSSR count). The summed E-state index contributed by atoms with van der Waals surface area (Å²) in [6.45, 7) is 3.91. The smallest absolute Gasteiger partial charge is 0.324 e. The van der Waals surface area contributed by atoms with Crippen LogP contribution in [0.1, 0.15) is 38.2 Å². The average molecular weight is 436 g/mol. The molecule has 0 heterocycles. The molecule has 1 N–H and O–H groups in total. The van der Waals surface area contributed by atoms with Crippen molar-refractivity contribution in [2.45, 2.75) is 44.4 Å². The average Bonchev–Trinajstić information content (AvgIpc) is 2.72. The van der Waals surface area contributed by atoms with Crippen molar-refractivity contribution in [2.75, 3.05) is 20.8 Å². The van der Waals surface area contributed by atoms with E-state index < -0.39 is 27.4 Å². The third kappa shape index (κ3) is 6.71. The van der Waals surface area contributed by atoms with Gasteiger partial charge in [0.15, 0.2) is 5.41 Å². The molecule has 0 aliphatic rings. The molecule has 0 amide bonds. The number of unbranched alkanes of at least 4 members (excludes halogenated alkanes) is 1. The number of carbonyl (C=O) groups excluding carboxylic acids is 2. The molecule has 0 fully saturated rings. The van der Waals surface area contributed by atoms with E-state index in [1.165, 1.54) is 14.2 Å². The van der Waals surface area contributed by atoms with Gasteiger partial charge in [-0.3, -0.25) is 9.59 Å². The first kappa shape index (κ1) is 25.4. The number of benzene rings is 1. The summed E-state index contributed by atoms with van der Waals surface area (Å²) in [6.07, 6.45) is 8.22. The van der Waals surface area contributed by atoms with Crippen LogP contribution in [-0.4, -0.2) is 41.1 Å². The predicted molar refractivity (Wildman–Crippen MR) is 114 cm³/mol. The van der Waals surface area contributed by atoms with Gasteiger partial charge in [-0.05, 0) is 45.2 Å². The van der Waals surface area contributed by atoms with Crippen molar-refractivity contribution in [3.05, 3.63) is 41.5 Å². The van der Waals surface area contributed by atoms with Gasteiger partial charge < -0.3 is 9.47 Å². The number of aryl methyl sites for hydroxylation is 1. The number of sulfonamides is 1. The van der Waals surface area contributed by atoms with Crippen LogP contribution >= 0.6 is 0 Å². The zero-order valence-corrected chi connectivity index (χ0v) is 18.7. The van der Waals surface area contributed by atoms with E-state index in [1.807, 2.05) is 13.0 Å². The lowest BCUT2D eigenvalue weighted by Crippen LogP contribution is -2.41. The molecule has 1 aromatic rings. The Kier molecular flexibility index (Phi) is 9.76. The molecule has 164 valence electrons. The number of hydrogen-bond donors (Lipinski definition) is 1. The van der Waals surface area contributed by atoms with E-state index in [0.29, 0.717) is 12.8 Å². The van der Waals surface area contributed by atoms with Crippen LogP contribution in [0.2, 0.25) is 0 Å². The Morgan fingerprint density at radius 1 is 1.17 bits per heavy atom. The minimum absolute atomic E-state index is 0.0612. The molecule has 30 heavy (non-hydrogen) atoms. The van der Waals surface area contributed by atoms with Crippen molar-refractivity contribution in [1.82, 2.24) is 4.72 Å². The maximum absolute atomic E-state index is 12.3. The Labute approximate surface area is 178 Å². The normalized spacial score (nSPS) is 12.2. The maximum atomic E-state index is 12.3. The zero-order valence-electron chi connectivity index (χ0n) is 17.9. The molecule has 0 atom stereocenters. The monoisotopic (exact) mass is 435 g/mol. The molecule has 0 spiro atoms. The highest BCUT2D eigenvalue weighted by atomic mass is 32.2. The number of allylic oxidation sites excluding steroid dienone is 2. The summed E-state index contributed by atoms with van der Waals surface area (Å²) in [5.41, 5.74) is 0.142. The van der Waals surface area contributed by atoms with Crippen LogP contribution in [0.3, 0.4) is 0 Å². The first-order valence-electron chi connectivity index (χ1n) is 9.45. The minimum Gasteiger partial charge on any atom is -0.468 e. The number of hydrogen-bond acceptors (Lipinski definition) is 6. The number of rotatable bonds is 11. The number of methoxy groups -OCH3 is 2. The molecule has 0 saturated heterocycles. The topological polar surface area (TPSA) is 98.8 Å². The molecule has 0 saturated carbocycles. The summed E-state index contributed by atoms with van der Waals surface area (Å²) in [5.74, 6) is 0.862. The fraction of sp³-hybridized carbons (Fsp3) is 0.455. The van der Waals surface area contributed by atoms with Gasteiger partial charge in [0.25, 0.3) is 0 Å². The molecule has 0 aliphatic carbocycles. The highest BCUT2D eigenvalue weighted by molar-refractivity contribution is 7.89. The summed E-state index contributed by atoms with van der Waals surface area (Å²) in [4.78, 5) is 24.8. The largest absolute Gasteiger partial charge is 0.468 e. The van der Waals surface area contributed by atoms with Crippen LogP contribution < -0.4 is 4.72 Å². The summed E-state index contributed by atoms with van der Waals surface area (Å²) in [6, 6.07) is 6.61. The van der Waals surface area contributed by atoms with E-state index in [1.54, 1.807) is 31.2 Å². The number of carbonyl (C=O) groups is 2. The lowest BCUT2D eigenvalue weighted by Gasteiger charge is -2.26. The van der Waals surface area contributed by atoms with E-state index in [9.17, 15) is 18.0 Å². The van der Waals surface area contributed by atoms with Crippen molar-refractivity contribution in [1.29, 1.82) is 0 Å². The first-order chi connectivity index (χ1) is 14.1. The highest BCUT2D eigenvalue weighted by Gasteiger charge is 2.47. The quantitative estimate of drug-likeness (QED) is 0.189. The van der Waals surface area contributed by atoms with Gasteiger partial charge in [-0.2, -0.15) is 0 Å². The second kappa shape index (κ2) is 11.5. The first-order valence-corrected chi connectivity index (χ1v) is 10.9. The molecule has 0 bridgehead atoms. The maximum Gasteiger partial charge on any atom is 0.324 e. The van der Waals surface area contributed by atoms with E-state index >= 15 is 0 Å². The third-order valence-electron chi connectivity index (χ3n) is 4.63. The number of terminal acetylenes is 1. The van der Waals surface area contributed by atoms with Crippen LogP contribution in [0.15, 0.2) is 40.8 Å². The van der Waals surface area contributed by atoms with Gasteiger partial charge in [-0.1, -0.05) is 29.3 Å². The standard InChI is InChI=1S/C22H29NO6S/c1-6-14-22(20(24)28-4,21(25)29-5)16-18(3)9-7-8-15-23-30(26,27)19-12-10-17(2)11-13-19/h1,9-13,23H,7-8,14-16H2,2-5H3/b18-9+. The lowest BCUT2D eigenvalue weighted by atomic mass is 9.78. The Balaban J connectivity index is 2.71. The van der Waals surface area contributed by atoms with Crippen molar-refractivity contribution in [3.63, 3.8) is 0 Å². The minimum atomic E-state index is -3.56. The second-order valence-corrected chi connectivity index (χ2v) is 8.79. The fourth-order valence-corrected chi connectivity index (χ4v) is 4.08. The molecular weight excluding hydrogens is 406 g/mol. The van der Waals surface area contributed by atoms with E-state index in [4.69, 9.17) is 15.9 Å². The van der Waals surface area contributed by atoms with Gasteiger partial charge in [-0.25, -0.2) is 13.1 Å². The van der Waals surface area contributed by atoms with Crippen molar-refractivity contribution in [3.8, 4) is 12.3 Å². The fourth-order valence-electron chi connectivity index (χ4n) is 3.01. The van der Waals surface area contributed by atoms with E-state index in [2.05, 4.69) is 10.6 Å². The molecule has 8 heteroatoms. The summed E-state index contributed by atoms with van der Waals surface area (Å²) in [7, 11) is -1.18. The zero-order chi connectivity index (χ0) is 22.8. The molecule has 7 nitrogen and oxygen atoms in total. The van der Waals surface area contributed by atoms with Crippen LogP contribution in [0.25, 0.3) is 0 Å². The summed E-state index contributed by atoms with van der Waals surface area (Å²) < 4.78 is 36.7. The van der Waals surface area contributed by atoms with Crippen molar-refractivity contribution < 1.29 is 27.5 Å². The molecule has 0 aliphatic heterocycles. The van der Waals surface area contributed by atoms with Crippen LogP contribution in [0, 0.1) is 24.7 Å². The van der Waals surface area contributed by atoms with E-state index in [-0.39, 0.29) is 24.3 Å². The summed E-state index contributed by atoms with van der Waals surface area (Å²) in [5, 5.41) is 0. The van der Waals surface area contributed by atoms with Gasteiger partial charge in [0, 0.05) is 13.0 Å². The molecular formula is C22H29NO6S. The number of esters is 2. The van der Waals surface area contributed by atoms with Crippen molar-refractivity contribution >= 4 is 22.0 Å². The second-order valence-electron chi connectivity index (χ2n) is 7.03. The highest BCUT2D eigenvalue weighted by Crippen LogP contribution is 2.33. The van der Waals surface area contributed by atoms with Crippen LogP contribution in [-0.2, 0) is 29.1 Å². The van der Waals surface area contributed by atoms with Gasteiger partial charge in [-0.15, -0.1) is 12.3 Å². The molecule has 1 aromatic carbocycles. The Morgan fingerprint density at radius 3 is 2.23 bits per heavy atom. The van der Waals surface area contributed by atoms with Gasteiger partial charge in [0.05, 0.1) is 19.1 Å². The number of nitrogens with one attached hydrogen (secondary N) is 1. The molecule has 0 aromatic heterocycles. The predicted octanol–water partition coefficient (Wildman–Crippen LogP) is 2.75. The van der Waals surface area contributed by atoms with Gasteiger partial charge in [0.1, 0.15) is 0 Å². The number of ether oxygens (including phenoxy) is 2. The third-order valence-corrected chi connectivity index (χ3v) is 6.11. The van der Waals surface area contributed by atoms with E-state index in [0.717, 1.165) is 11.1 Å². The van der Waals surface area contributed by atoms with Crippen LogP contribution in [0.4, 0.5) is 0 Å². The van der Waals surface area contributed by atoms with Crippen LogP contribution in [0.5, 0.6) is 0 Å².